The van der Waals surface area contributed by atoms with Crippen LogP contribution in [0.1, 0.15) is 25.8 Å². The predicted octanol–water partition coefficient (Wildman–Crippen LogP) is 2.50. The summed E-state index contributed by atoms with van der Waals surface area (Å²) in [5, 5.41) is 3.39. The van der Waals surface area contributed by atoms with Crippen LogP contribution in [0, 0.1) is 0 Å². The minimum absolute atomic E-state index is 0.462. The van der Waals surface area contributed by atoms with Crippen molar-refractivity contribution in [2.45, 2.75) is 32.9 Å². The Balaban J connectivity index is 2.54. The molecule has 74 valence electrons. The topological polar surface area (TPSA) is 21.3 Å². The van der Waals surface area contributed by atoms with Crippen LogP contribution < -0.4 is 5.32 Å². The monoisotopic (exact) mass is 189 g/mol. The molecule has 0 amide bonds. The van der Waals surface area contributed by atoms with Gasteiger partial charge in [0.25, 0.3) is 8.05 Å². The summed E-state index contributed by atoms with van der Waals surface area (Å²) >= 11 is 0. The lowest BCUT2D eigenvalue weighted by molar-refractivity contribution is 0.338. The minimum Gasteiger partial charge on any atom is -0.444 e. The van der Waals surface area contributed by atoms with Gasteiger partial charge < -0.3 is 9.97 Å². The van der Waals surface area contributed by atoms with Crippen molar-refractivity contribution in [3.63, 3.8) is 0 Å². The summed E-state index contributed by atoms with van der Waals surface area (Å²) in [7, 11) is 4.99. The van der Waals surface area contributed by atoms with Gasteiger partial charge in [0.2, 0.25) is 0 Å². The van der Waals surface area contributed by atoms with Gasteiger partial charge in [-0.25, -0.2) is 0 Å². The van der Waals surface area contributed by atoms with Crippen molar-refractivity contribution >= 4 is 13.7 Å². The average molecular weight is 189 g/mol. The minimum atomic E-state index is 0.462. The molecule has 0 saturated heterocycles. The molecule has 1 atom stereocenters. The normalized spacial score (nSPS) is 12.4. The van der Waals surface area contributed by atoms with E-state index in [1.54, 1.807) is 0 Å². The van der Waals surface area contributed by atoms with Crippen LogP contribution >= 0.6 is 0 Å². The molecule has 0 aromatic heterocycles. The molecule has 0 aliphatic rings. The van der Waals surface area contributed by atoms with Crippen LogP contribution in [0.2, 0.25) is 0 Å². The first-order valence-corrected chi connectivity index (χ1v) is 4.93. The summed E-state index contributed by atoms with van der Waals surface area (Å²) in [5.74, 6) is 0. The van der Waals surface area contributed by atoms with E-state index in [1.807, 2.05) is 24.3 Å². The number of rotatable bonds is 5. The fourth-order valence-electron chi connectivity index (χ4n) is 1.18. The molecule has 0 spiro atoms. The van der Waals surface area contributed by atoms with E-state index < -0.39 is 0 Å². The quantitative estimate of drug-likeness (QED) is 0.718. The molecular weight excluding hydrogens is 173 g/mol. The first-order chi connectivity index (χ1) is 6.76. The van der Waals surface area contributed by atoms with E-state index in [-0.39, 0.29) is 0 Å². The maximum absolute atomic E-state index is 4.99. The summed E-state index contributed by atoms with van der Waals surface area (Å²) in [6.07, 6.45) is 1.12. The number of hydrogen-bond donors (Lipinski definition) is 1. The van der Waals surface area contributed by atoms with Crippen LogP contribution in [0.5, 0.6) is 0 Å². The summed E-state index contributed by atoms with van der Waals surface area (Å²) in [6.45, 7) is 4.79. The van der Waals surface area contributed by atoms with Crippen molar-refractivity contribution in [1.82, 2.24) is 0 Å². The van der Waals surface area contributed by atoms with Crippen LogP contribution in [-0.2, 0) is 11.3 Å². The van der Waals surface area contributed by atoms with Gasteiger partial charge in [-0.3, -0.25) is 0 Å². The van der Waals surface area contributed by atoms with E-state index >= 15 is 0 Å². The largest absolute Gasteiger partial charge is 0.444 e. The Hall–Kier alpha value is -0.955. The van der Waals surface area contributed by atoms with Crippen molar-refractivity contribution in [3.8, 4) is 0 Å². The Morgan fingerprint density at radius 2 is 2.00 bits per heavy atom. The van der Waals surface area contributed by atoms with E-state index in [9.17, 15) is 0 Å². The van der Waals surface area contributed by atoms with Gasteiger partial charge in [0, 0.05) is 11.7 Å². The summed E-state index contributed by atoms with van der Waals surface area (Å²) in [4.78, 5) is 0. The number of anilines is 1. The van der Waals surface area contributed by atoms with Crippen LogP contribution in [0.15, 0.2) is 24.3 Å². The number of benzene rings is 1. The third-order valence-electron chi connectivity index (χ3n) is 2.23. The molecule has 1 aromatic rings. The molecule has 0 saturated carbocycles. The van der Waals surface area contributed by atoms with Gasteiger partial charge in [-0.2, -0.15) is 0 Å². The van der Waals surface area contributed by atoms with Gasteiger partial charge in [-0.1, -0.05) is 19.1 Å². The zero-order valence-electron chi connectivity index (χ0n) is 8.79. The first kappa shape index (κ1) is 11.1. The summed E-state index contributed by atoms with van der Waals surface area (Å²) in [6, 6.07) is 8.61. The molecule has 0 heterocycles. The Kier molecular flexibility index (Phi) is 4.53. The SMILES string of the molecule is [B]OCc1ccc(NC(C)CC)cc1. The standard InChI is InChI=1S/C11H16BNO/c1-3-9(2)13-11-6-4-10(5-7-11)8-14-12/h4-7,9,13H,3,8H2,1-2H3. The lowest BCUT2D eigenvalue weighted by Gasteiger charge is -2.13. The maximum Gasteiger partial charge on any atom is 0.283 e. The molecule has 1 unspecified atom stereocenters. The predicted molar refractivity (Wildman–Crippen MR) is 60.4 cm³/mol. The Labute approximate surface area is 87.1 Å². The highest BCUT2D eigenvalue weighted by atomic mass is 16.4. The molecule has 0 aliphatic heterocycles. The second-order valence-corrected chi connectivity index (χ2v) is 3.46. The number of nitrogens with one attached hydrogen (secondary N) is 1. The highest BCUT2D eigenvalue weighted by Crippen LogP contribution is 2.11. The Morgan fingerprint density at radius 1 is 1.36 bits per heavy atom. The third kappa shape index (κ3) is 3.42. The average Bonchev–Trinajstić information content (AvgIpc) is 2.21. The van der Waals surface area contributed by atoms with Gasteiger partial charge in [0.15, 0.2) is 0 Å². The van der Waals surface area contributed by atoms with Crippen molar-refractivity contribution < 1.29 is 4.65 Å². The zero-order chi connectivity index (χ0) is 10.4. The highest BCUT2D eigenvalue weighted by molar-refractivity contribution is 5.97. The third-order valence-corrected chi connectivity index (χ3v) is 2.23. The molecule has 0 fully saturated rings. The fourth-order valence-corrected chi connectivity index (χ4v) is 1.18. The second-order valence-electron chi connectivity index (χ2n) is 3.46. The zero-order valence-corrected chi connectivity index (χ0v) is 8.79. The maximum atomic E-state index is 4.99. The van der Waals surface area contributed by atoms with Gasteiger partial charge in [-0.15, -0.1) is 0 Å². The van der Waals surface area contributed by atoms with E-state index in [2.05, 4.69) is 23.8 Å². The Morgan fingerprint density at radius 3 is 2.50 bits per heavy atom. The van der Waals surface area contributed by atoms with Gasteiger partial charge in [0.1, 0.15) is 0 Å². The number of hydrogen-bond acceptors (Lipinski definition) is 2. The highest BCUT2D eigenvalue weighted by Gasteiger charge is 1.98. The van der Waals surface area contributed by atoms with Crippen LogP contribution in [-0.4, -0.2) is 14.1 Å². The van der Waals surface area contributed by atoms with E-state index in [0.717, 1.165) is 17.7 Å². The lowest BCUT2D eigenvalue weighted by Crippen LogP contribution is -2.13. The Bertz CT molecular complexity index is 260. The molecule has 2 nitrogen and oxygen atoms in total. The van der Waals surface area contributed by atoms with Crippen molar-refractivity contribution in [2.24, 2.45) is 0 Å². The molecule has 1 N–H and O–H groups in total. The van der Waals surface area contributed by atoms with Crippen molar-refractivity contribution in [2.75, 3.05) is 5.32 Å². The molecule has 2 radical (unpaired) electrons. The first-order valence-electron chi connectivity index (χ1n) is 4.93. The molecule has 3 heteroatoms. The van der Waals surface area contributed by atoms with Crippen molar-refractivity contribution in [3.05, 3.63) is 29.8 Å². The summed E-state index contributed by atoms with van der Waals surface area (Å²) in [5.41, 5.74) is 2.22. The molecule has 1 aromatic carbocycles. The smallest absolute Gasteiger partial charge is 0.283 e. The van der Waals surface area contributed by atoms with Gasteiger partial charge in [0.05, 0.1) is 6.61 Å². The molecule has 0 aliphatic carbocycles. The molecular formula is C11H16BNO. The van der Waals surface area contributed by atoms with Crippen LogP contribution in [0.4, 0.5) is 5.69 Å². The van der Waals surface area contributed by atoms with Crippen molar-refractivity contribution in [1.29, 1.82) is 0 Å². The van der Waals surface area contributed by atoms with Crippen LogP contribution in [0.3, 0.4) is 0 Å². The van der Waals surface area contributed by atoms with E-state index in [1.165, 1.54) is 0 Å². The molecule has 14 heavy (non-hydrogen) atoms. The lowest BCUT2D eigenvalue weighted by atomic mass is 10.2. The van der Waals surface area contributed by atoms with Gasteiger partial charge >= 0.3 is 0 Å². The molecule has 0 bridgehead atoms. The van der Waals surface area contributed by atoms with E-state index in [0.29, 0.717) is 12.6 Å². The van der Waals surface area contributed by atoms with Gasteiger partial charge in [-0.05, 0) is 31.0 Å². The van der Waals surface area contributed by atoms with E-state index in [4.69, 9.17) is 8.05 Å². The molecule has 1 rings (SSSR count). The summed E-state index contributed by atoms with van der Waals surface area (Å²) < 4.78 is 4.55. The second kappa shape index (κ2) is 5.71. The van der Waals surface area contributed by atoms with Crippen LogP contribution in [0.25, 0.3) is 0 Å². The fraction of sp³-hybridized carbons (Fsp3) is 0.455.